The van der Waals surface area contributed by atoms with Gasteiger partial charge in [0.1, 0.15) is 18.5 Å². The summed E-state index contributed by atoms with van der Waals surface area (Å²) in [6.07, 6.45) is -5.45. The van der Waals surface area contributed by atoms with Crippen LogP contribution in [-0.2, 0) is 42.7 Å². The lowest BCUT2D eigenvalue weighted by Gasteiger charge is -2.50. The molecule has 3 aliphatic heterocycles. The van der Waals surface area contributed by atoms with Crippen molar-refractivity contribution in [3.8, 4) is 0 Å². The zero-order valence-electron chi connectivity index (χ0n) is 27.6. The predicted octanol–water partition coefficient (Wildman–Crippen LogP) is 4.55. The molecule has 0 spiro atoms. The molecule has 4 unspecified atom stereocenters. The smallest absolute Gasteiger partial charge is 0.298 e. The largest absolute Gasteiger partial charge is 0.431 e. The number of carbonyl (C=O) groups excluding carboxylic acids is 2. The summed E-state index contributed by atoms with van der Waals surface area (Å²) in [6.45, 7) is 16.8. The minimum atomic E-state index is -1.32. The van der Waals surface area contributed by atoms with Crippen molar-refractivity contribution in [1.29, 1.82) is 0 Å². The summed E-state index contributed by atoms with van der Waals surface area (Å²) in [7, 11) is 0. The fourth-order valence-corrected chi connectivity index (χ4v) is 6.66. The van der Waals surface area contributed by atoms with Crippen molar-refractivity contribution in [2.75, 3.05) is 13.2 Å². The van der Waals surface area contributed by atoms with Crippen molar-refractivity contribution >= 4 is 12.3 Å². The van der Waals surface area contributed by atoms with E-state index in [9.17, 15) is 20.2 Å². The zero-order chi connectivity index (χ0) is 34.1. The van der Waals surface area contributed by atoms with Crippen molar-refractivity contribution in [3.63, 3.8) is 0 Å². The highest BCUT2D eigenvalue weighted by Crippen LogP contribution is 2.41. The Bertz CT molecular complexity index is 1150. The van der Waals surface area contributed by atoms with E-state index in [2.05, 4.69) is 26.6 Å². The summed E-state index contributed by atoms with van der Waals surface area (Å²) in [5.74, 6) is -1.67. The minimum Gasteiger partial charge on any atom is -0.431 e. The van der Waals surface area contributed by atoms with Crippen molar-refractivity contribution in [1.82, 2.24) is 0 Å². The van der Waals surface area contributed by atoms with Crippen LogP contribution >= 0.6 is 0 Å². The van der Waals surface area contributed by atoms with Gasteiger partial charge in [0.25, 0.3) is 6.47 Å². The molecule has 0 bridgehead atoms. The Labute approximate surface area is 269 Å². The molecule has 0 aromatic carbocycles. The maximum Gasteiger partial charge on any atom is 0.298 e. The molecule has 16 heteroatoms. The summed E-state index contributed by atoms with van der Waals surface area (Å²) < 4.78 is 42.2. The van der Waals surface area contributed by atoms with Gasteiger partial charge in [-0.2, -0.15) is 0 Å². The molecule has 0 aromatic rings. The van der Waals surface area contributed by atoms with Gasteiger partial charge < -0.3 is 38.3 Å². The van der Waals surface area contributed by atoms with E-state index in [0.29, 0.717) is 12.8 Å². The molecule has 15 atom stereocenters. The topological polar surface area (TPSA) is 216 Å². The molecule has 1 N–H and O–H groups in total. The lowest BCUT2D eigenvalue weighted by Crippen LogP contribution is -2.61. The zero-order valence-corrected chi connectivity index (χ0v) is 27.6. The molecular weight excluding hydrogens is 604 g/mol. The highest BCUT2D eigenvalue weighted by atomic mass is 16.7. The third-order valence-electron chi connectivity index (χ3n) is 9.64. The van der Waals surface area contributed by atoms with Crippen LogP contribution in [-0.4, -0.2) is 92.0 Å². The minimum absolute atomic E-state index is 0.0228. The Morgan fingerprint density at radius 1 is 0.891 bits per heavy atom. The van der Waals surface area contributed by atoms with Crippen LogP contribution in [0.1, 0.15) is 61.3 Å². The van der Waals surface area contributed by atoms with Gasteiger partial charge in [-0.05, 0) is 54.5 Å². The van der Waals surface area contributed by atoms with Gasteiger partial charge >= 0.3 is 0 Å². The van der Waals surface area contributed by atoms with Gasteiger partial charge in [0, 0.05) is 15.7 Å². The van der Waals surface area contributed by atoms with Crippen molar-refractivity contribution < 1.29 is 47.9 Å². The van der Waals surface area contributed by atoms with E-state index in [0.717, 1.165) is 0 Å². The second-order valence-corrected chi connectivity index (χ2v) is 12.4. The van der Waals surface area contributed by atoms with Gasteiger partial charge in [-0.3, -0.25) is 9.59 Å². The molecule has 0 amide bonds. The molecule has 3 fully saturated rings. The lowest BCUT2D eigenvalue weighted by atomic mass is 9.80. The number of rotatable bonds is 15. The van der Waals surface area contributed by atoms with Crippen LogP contribution in [0.4, 0.5) is 0 Å². The summed E-state index contributed by atoms with van der Waals surface area (Å²) in [4.78, 5) is 29.8. The summed E-state index contributed by atoms with van der Waals surface area (Å²) in [6, 6.07) is -1.57. The summed E-state index contributed by atoms with van der Waals surface area (Å²) in [5, 5.41) is 18.2. The highest BCUT2D eigenvalue weighted by Gasteiger charge is 2.52. The molecule has 3 saturated heterocycles. The Balaban J connectivity index is 1.96. The predicted molar refractivity (Wildman–Crippen MR) is 162 cm³/mol. The van der Waals surface area contributed by atoms with Crippen LogP contribution in [0.5, 0.6) is 0 Å². The fraction of sp³-hybridized carbons (Fsp3) is 0.867. The monoisotopic (exact) mass is 652 g/mol. The lowest BCUT2D eigenvalue weighted by molar-refractivity contribution is -0.338. The van der Waals surface area contributed by atoms with Crippen LogP contribution in [0.2, 0.25) is 0 Å². The van der Waals surface area contributed by atoms with E-state index >= 15 is 0 Å². The molecule has 0 radical (unpaired) electrons. The second-order valence-electron chi connectivity index (χ2n) is 12.4. The normalized spacial score (nSPS) is 41.0. The number of azide groups is 2. The first kappa shape index (κ1) is 37.7. The maximum absolute atomic E-state index is 13.1. The van der Waals surface area contributed by atoms with E-state index in [4.69, 9.17) is 38.7 Å². The maximum atomic E-state index is 13.1. The molecule has 0 saturated carbocycles. The molecule has 3 heterocycles. The summed E-state index contributed by atoms with van der Waals surface area (Å²) >= 11 is 0. The van der Waals surface area contributed by atoms with Crippen LogP contribution < -0.4 is 0 Å². The second kappa shape index (κ2) is 17.4. The Morgan fingerprint density at radius 2 is 1.52 bits per heavy atom. The standard InChI is InChI=1S/C30H48N6O10/c1-9-21-15(4)16(5)24(34-36-32)30(43-21)45-26-17(6)20(12-40-11-14(3)41-13-37)29(46-27(26)19(8)38)44-25-18(7)23(33-35-31)28(39)42-22(25)10-2/h13,15-18,20-30,39H,3,9-12H2,1-2,4-8H3/t15-,16-,17+,18+,20-,21-,22?,23-,24?,25-,26-,27-,28?,29?,30+/m0/s1. The van der Waals surface area contributed by atoms with Gasteiger partial charge in [-0.15, -0.1) is 0 Å². The third-order valence-corrected chi connectivity index (χ3v) is 9.64. The van der Waals surface area contributed by atoms with Gasteiger partial charge in [-0.1, -0.05) is 58.3 Å². The number of nitrogens with zero attached hydrogens (tertiary/aromatic N) is 6. The molecule has 258 valence electrons. The van der Waals surface area contributed by atoms with Crippen LogP contribution in [0.15, 0.2) is 22.6 Å². The van der Waals surface area contributed by atoms with Crippen molar-refractivity contribution in [3.05, 3.63) is 33.2 Å². The Hall–Kier alpha value is -2.78. The number of ether oxygens (including phenoxy) is 7. The molecular formula is C30H48N6O10. The van der Waals surface area contributed by atoms with Crippen LogP contribution in [0.3, 0.4) is 0 Å². The fourth-order valence-electron chi connectivity index (χ4n) is 6.66. The highest BCUT2D eigenvalue weighted by molar-refractivity contribution is 5.81. The number of Topliss-reactive ketones (excluding diaryl/α,β-unsaturated/α-hetero) is 1. The molecule has 0 aliphatic carbocycles. The van der Waals surface area contributed by atoms with Gasteiger partial charge in [0.15, 0.2) is 24.7 Å². The molecule has 3 rings (SSSR count). The molecule has 3 aliphatic rings. The number of hydrogen-bond donors (Lipinski definition) is 1. The van der Waals surface area contributed by atoms with Gasteiger partial charge in [0.05, 0.1) is 43.1 Å². The molecule has 16 nitrogen and oxygen atoms in total. The first-order chi connectivity index (χ1) is 21.9. The third kappa shape index (κ3) is 8.57. The molecule has 0 aromatic heterocycles. The van der Waals surface area contributed by atoms with Crippen molar-refractivity contribution in [2.45, 2.75) is 123 Å². The average Bonchev–Trinajstić information content (AvgIpc) is 3.02. The summed E-state index contributed by atoms with van der Waals surface area (Å²) in [5.41, 5.74) is 18.4. The Kier molecular flexibility index (Phi) is 14.2. The van der Waals surface area contributed by atoms with E-state index in [-0.39, 0.29) is 49.2 Å². The number of ketones is 1. The molecule has 46 heavy (non-hydrogen) atoms. The number of aliphatic hydroxyl groups is 1. The van der Waals surface area contributed by atoms with Gasteiger partial charge in [-0.25, -0.2) is 0 Å². The van der Waals surface area contributed by atoms with E-state index in [1.807, 2.05) is 34.6 Å². The Morgan fingerprint density at radius 3 is 2.11 bits per heavy atom. The van der Waals surface area contributed by atoms with Gasteiger partial charge in [0.2, 0.25) is 0 Å². The SMILES string of the molecule is C=C(COC[C@@H]1C(O[C@@H]2C(CC)OC(O)[C@@H](N=[N+]=[N-])[C@H]2C)O[C@@H](C(C)=O)[C@@H](O[C@H]2O[C@@H](CC)[C@@H](C)[C@H](C)C2N=[N+]=[N-])[C@@H]1C)OC=O. The quantitative estimate of drug-likeness (QED) is 0.0855. The van der Waals surface area contributed by atoms with E-state index in [1.165, 1.54) is 6.92 Å². The number of carbonyl (C=O) groups is 2. The number of aliphatic hydroxyl groups excluding tert-OH is 1. The first-order valence-electron chi connectivity index (χ1n) is 15.8. The average molecular weight is 653 g/mol. The van der Waals surface area contributed by atoms with E-state index in [1.54, 1.807) is 6.92 Å². The number of hydrogen-bond acceptors (Lipinski definition) is 12. The van der Waals surface area contributed by atoms with Crippen LogP contribution in [0, 0.1) is 29.6 Å². The van der Waals surface area contributed by atoms with Crippen LogP contribution in [0.25, 0.3) is 20.9 Å². The van der Waals surface area contributed by atoms with E-state index < -0.39 is 73.1 Å². The first-order valence-corrected chi connectivity index (χ1v) is 15.8. The van der Waals surface area contributed by atoms with Crippen molar-refractivity contribution in [2.24, 2.45) is 39.8 Å².